The number of fused-ring (bicyclic) bond motifs is 3. The van der Waals surface area contributed by atoms with Crippen molar-refractivity contribution >= 4 is 34.1 Å². The molecule has 1 N–H and O–H groups in total. The van der Waals surface area contributed by atoms with E-state index >= 15 is 0 Å². The summed E-state index contributed by atoms with van der Waals surface area (Å²) in [6.45, 7) is 7.02. The van der Waals surface area contributed by atoms with E-state index in [1.54, 1.807) is 23.3 Å². The van der Waals surface area contributed by atoms with Crippen LogP contribution >= 0.6 is 11.3 Å². The molecular formula is C33H40N4O5S. The molecule has 3 aliphatic rings. The van der Waals surface area contributed by atoms with E-state index in [9.17, 15) is 9.59 Å². The second-order valence-electron chi connectivity index (χ2n) is 12.1. The van der Waals surface area contributed by atoms with Crippen molar-refractivity contribution in [3.05, 3.63) is 47.0 Å². The fraction of sp³-hybridized carbons (Fsp3) is 0.515. The normalized spacial score (nSPS) is 25.5. The number of aryl methyl sites for hydroxylation is 1. The molecule has 10 heteroatoms. The molecule has 1 aliphatic carbocycles. The van der Waals surface area contributed by atoms with E-state index in [0.29, 0.717) is 37.2 Å². The number of thiazole rings is 1. The van der Waals surface area contributed by atoms with Crippen LogP contribution in [0.3, 0.4) is 0 Å². The Morgan fingerprint density at radius 3 is 2.79 bits per heavy atom. The zero-order valence-corrected chi connectivity index (χ0v) is 26.1. The molecule has 3 aromatic rings. The quantitative estimate of drug-likeness (QED) is 0.389. The third-order valence-corrected chi connectivity index (χ3v) is 9.45. The molecule has 0 bridgehead atoms. The number of carbonyl (C=O) groups excluding carboxylic acids is 2. The minimum absolute atomic E-state index is 0.0397. The van der Waals surface area contributed by atoms with Crippen molar-refractivity contribution < 1.29 is 23.8 Å². The van der Waals surface area contributed by atoms with Gasteiger partial charge in [0.15, 0.2) is 0 Å². The number of allylic oxidation sites excluding steroid dienone is 1. The summed E-state index contributed by atoms with van der Waals surface area (Å²) in [6, 6.07) is 5.31. The predicted octanol–water partition coefficient (Wildman–Crippen LogP) is 5.41. The van der Waals surface area contributed by atoms with Gasteiger partial charge in [-0.3, -0.25) is 9.59 Å². The van der Waals surface area contributed by atoms with Crippen molar-refractivity contribution in [3.8, 4) is 22.2 Å². The van der Waals surface area contributed by atoms with Gasteiger partial charge >= 0.3 is 0 Å². The molecule has 2 fully saturated rings. The van der Waals surface area contributed by atoms with Crippen molar-refractivity contribution in [2.24, 2.45) is 5.92 Å². The number of methoxy groups -OCH3 is 1. The van der Waals surface area contributed by atoms with Crippen LogP contribution in [0, 0.1) is 12.8 Å². The number of benzene rings is 1. The molecule has 0 spiro atoms. The number of amides is 2. The number of hydrogen-bond donors (Lipinski definition) is 1. The van der Waals surface area contributed by atoms with Gasteiger partial charge in [-0.2, -0.15) is 0 Å². The van der Waals surface area contributed by atoms with Gasteiger partial charge in [-0.15, -0.1) is 11.3 Å². The first-order valence-corrected chi connectivity index (χ1v) is 16.2. The highest BCUT2D eigenvalue weighted by Gasteiger charge is 2.44. The Balaban J connectivity index is 1.30. The molecule has 2 amide bonds. The lowest BCUT2D eigenvalue weighted by atomic mass is 10.1. The maximum atomic E-state index is 13.5. The predicted molar refractivity (Wildman–Crippen MR) is 167 cm³/mol. The molecule has 1 saturated carbocycles. The lowest BCUT2D eigenvalue weighted by Gasteiger charge is -2.23. The SMILES string of the molecule is COc1ccc2c(O[C@@H]3C[C@H]4C(=O)N[C@@H]5C[C@H]5/C=C\CCCCOCC(=O)N4C3)cc(-c3nc(C(C)C)cs3)nc2c1C. The van der Waals surface area contributed by atoms with Crippen molar-refractivity contribution in [1.29, 1.82) is 0 Å². The molecule has 6 rings (SSSR count). The fourth-order valence-corrected chi connectivity index (χ4v) is 6.86. The average Bonchev–Trinajstić information content (AvgIpc) is 3.34. The van der Waals surface area contributed by atoms with Crippen LogP contribution in [0.1, 0.15) is 63.1 Å². The summed E-state index contributed by atoms with van der Waals surface area (Å²) in [4.78, 5) is 38.3. The van der Waals surface area contributed by atoms with E-state index in [4.69, 9.17) is 24.2 Å². The van der Waals surface area contributed by atoms with Crippen molar-refractivity contribution in [3.63, 3.8) is 0 Å². The summed E-state index contributed by atoms with van der Waals surface area (Å²) in [5.41, 5.74) is 3.42. The van der Waals surface area contributed by atoms with Crippen molar-refractivity contribution in [1.82, 2.24) is 20.2 Å². The van der Waals surface area contributed by atoms with Crippen LogP contribution in [0.25, 0.3) is 21.6 Å². The van der Waals surface area contributed by atoms with Gasteiger partial charge in [0.25, 0.3) is 0 Å². The molecule has 4 heterocycles. The zero-order valence-electron chi connectivity index (χ0n) is 25.3. The smallest absolute Gasteiger partial charge is 0.249 e. The van der Waals surface area contributed by atoms with E-state index in [2.05, 4.69) is 36.7 Å². The first-order valence-electron chi connectivity index (χ1n) is 15.3. The van der Waals surface area contributed by atoms with Crippen molar-refractivity contribution in [2.75, 3.05) is 26.9 Å². The van der Waals surface area contributed by atoms with E-state index in [-0.39, 0.29) is 30.6 Å². The summed E-state index contributed by atoms with van der Waals surface area (Å²) in [7, 11) is 1.65. The molecule has 228 valence electrons. The van der Waals surface area contributed by atoms with E-state index in [1.807, 2.05) is 25.1 Å². The number of ether oxygens (including phenoxy) is 3. The van der Waals surface area contributed by atoms with E-state index in [0.717, 1.165) is 64.3 Å². The van der Waals surface area contributed by atoms with Gasteiger partial charge in [-0.05, 0) is 56.6 Å². The Morgan fingerprint density at radius 2 is 2.00 bits per heavy atom. The maximum absolute atomic E-state index is 13.5. The van der Waals surface area contributed by atoms with Gasteiger partial charge < -0.3 is 24.4 Å². The average molecular weight is 605 g/mol. The minimum atomic E-state index is -0.613. The number of aromatic nitrogens is 2. The molecule has 0 radical (unpaired) electrons. The highest BCUT2D eigenvalue weighted by molar-refractivity contribution is 7.13. The third kappa shape index (κ3) is 6.40. The summed E-state index contributed by atoms with van der Waals surface area (Å²) < 4.78 is 18.0. The van der Waals surface area contributed by atoms with Crippen LogP contribution in [0.2, 0.25) is 0 Å². The first-order chi connectivity index (χ1) is 20.8. The summed E-state index contributed by atoms with van der Waals surface area (Å²) in [5, 5.41) is 6.91. The summed E-state index contributed by atoms with van der Waals surface area (Å²) in [5.74, 6) is 1.76. The highest BCUT2D eigenvalue weighted by Crippen LogP contribution is 2.38. The summed E-state index contributed by atoms with van der Waals surface area (Å²) >= 11 is 1.56. The largest absolute Gasteiger partial charge is 0.496 e. The minimum Gasteiger partial charge on any atom is -0.496 e. The number of rotatable bonds is 5. The standard InChI is InChI=1S/C33H40N4O5S/c1-19(2)26-18-43-33(36-26)25-15-29(23-10-11-28(40-4)20(3)31(23)34-25)42-22-14-27-32(39)35-24-13-21(24)9-7-5-6-8-12-41-17-30(38)37(27)16-22/h7,9-11,15,18-19,21-22,24,27H,5-6,8,12-14,16-17H2,1-4H3,(H,35,39)/b9-7-/t21-,22-,24-,27+/m1/s1. The number of pyridine rings is 1. The number of nitrogens with one attached hydrogen (secondary N) is 1. The Morgan fingerprint density at radius 1 is 1.14 bits per heavy atom. The van der Waals surface area contributed by atoms with E-state index in [1.165, 1.54) is 0 Å². The van der Waals surface area contributed by atoms with Crippen LogP contribution in [0.4, 0.5) is 0 Å². The first kappa shape index (κ1) is 29.6. The molecule has 1 aromatic carbocycles. The van der Waals surface area contributed by atoms with Crippen LogP contribution in [0.5, 0.6) is 11.5 Å². The topological polar surface area (TPSA) is 103 Å². The Bertz CT molecular complexity index is 1530. The molecular weight excluding hydrogens is 564 g/mol. The van der Waals surface area contributed by atoms with Crippen molar-refractivity contribution in [2.45, 2.75) is 77.0 Å². The number of carbonyl (C=O) groups is 2. The van der Waals surface area contributed by atoms with Gasteiger partial charge in [0.1, 0.15) is 41.0 Å². The Kier molecular flexibility index (Phi) is 8.68. The van der Waals surface area contributed by atoms with Gasteiger partial charge in [-0.1, -0.05) is 26.0 Å². The molecule has 4 atom stereocenters. The zero-order chi connectivity index (χ0) is 30.1. The van der Waals surface area contributed by atoms with Crippen LogP contribution < -0.4 is 14.8 Å². The highest BCUT2D eigenvalue weighted by atomic mass is 32.1. The fourth-order valence-electron chi connectivity index (χ4n) is 5.91. The number of nitrogens with zero attached hydrogens (tertiary/aromatic N) is 3. The van der Waals surface area contributed by atoms with Crippen LogP contribution in [-0.2, 0) is 14.3 Å². The molecule has 2 aromatic heterocycles. The second kappa shape index (κ2) is 12.6. The second-order valence-corrected chi connectivity index (χ2v) is 12.9. The Labute approximate surface area is 256 Å². The maximum Gasteiger partial charge on any atom is 0.249 e. The number of hydrogen-bond acceptors (Lipinski definition) is 8. The van der Waals surface area contributed by atoms with Crippen LogP contribution in [0.15, 0.2) is 35.7 Å². The summed E-state index contributed by atoms with van der Waals surface area (Å²) in [6.07, 6.45) is 8.28. The van der Waals surface area contributed by atoms with Crippen LogP contribution in [-0.4, -0.2) is 71.7 Å². The molecule has 2 aliphatic heterocycles. The van der Waals surface area contributed by atoms with E-state index < -0.39 is 6.04 Å². The molecule has 1 saturated heterocycles. The molecule has 9 nitrogen and oxygen atoms in total. The monoisotopic (exact) mass is 604 g/mol. The lowest BCUT2D eigenvalue weighted by molar-refractivity contribution is -0.142. The lowest BCUT2D eigenvalue weighted by Crippen LogP contribution is -2.47. The van der Waals surface area contributed by atoms with Gasteiger partial charge in [0.05, 0.1) is 24.9 Å². The Hall–Kier alpha value is -3.50. The van der Waals surface area contributed by atoms with Gasteiger partial charge in [0, 0.05) is 41.5 Å². The van der Waals surface area contributed by atoms with Gasteiger partial charge in [0.2, 0.25) is 11.8 Å². The van der Waals surface area contributed by atoms with Gasteiger partial charge in [-0.25, -0.2) is 9.97 Å². The molecule has 43 heavy (non-hydrogen) atoms. The molecule has 0 unspecified atom stereocenters. The third-order valence-electron chi connectivity index (χ3n) is 8.56.